The highest BCUT2D eigenvalue weighted by molar-refractivity contribution is 5.80. The molecule has 0 bridgehead atoms. The molecule has 2 nitrogen and oxygen atoms in total. The maximum atomic E-state index is 12.2. The third-order valence-electron chi connectivity index (χ3n) is 9.26. The summed E-state index contributed by atoms with van der Waals surface area (Å²) >= 11 is 0. The van der Waals surface area contributed by atoms with Crippen LogP contribution in [-0.2, 0) is 4.79 Å². The minimum atomic E-state index is -0.586. The predicted molar refractivity (Wildman–Crippen MR) is 92.0 cm³/mol. The van der Waals surface area contributed by atoms with Crippen molar-refractivity contribution < 1.29 is 9.90 Å². The number of ketones is 1. The molecule has 0 saturated heterocycles. The zero-order valence-electron chi connectivity index (χ0n) is 15.2. The molecule has 4 aliphatic rings. The lowest BCUT2D eigenvalue weighted by Gasteiger charge is -2.63. The molecule has 1 unspecified atom stereocenters. The molecular weight excluding hydrogens is 284 g/mol. The minimum absolute atomic E-state index is 0.0883. The van der Waals surface area contributed by atoms with Crippen LogP contribution in [0.15, 0.2) is 0 Å². The highest BCUT2D eigenvalue weighted by Gasteiger charge is 2.67. The van der Waals surface area contributed by atoms with Gasteiger partial charge in [-0.3, -0.25) is 4.79 Å². The normalized spacial score (nSPS) is 55.7. The van der Waals surface area contributed by atoms with E-state index >= 15 is 0 Å². The summed E-state index contributed by atoms with van der Waals surface area (Å²) in [7, 11) is 0. The standard InChI is InChI=1S/C21H34O2/c1-14(22)16-10-13-21(23)18-8-7-15-6-4-5-11-19(15,2)17(18)9-12-20(16,21)3/h15-18,23H,4-13H2,1-3H3/t15?,16-,17+,18-,19+,20-,21-/m1/s1. The summed E-state index contributed by atoms with van der Waals surface area (Å²) in [5.41, 5.74) is -0.303. The third kappa shape index (κ3) is 1.94. The number of carbonyl (C=O) groups is 1. The smallest absolute Gasteiger partial charge is 0.133 e. The molecule has 0 spiro atoms. The van der Waals surface area contributed by atoms with Gasteiger partial charge in [0, 0.05) is 11.3 Å². The molecular formula is C21H34O2. The number of carbonyl (C=O) groups excluding carboxylic acids is 1. The van der Waals surface area contributed by atoms with Crippen LogP contribution in [0.4, 0.5) is 0 Å². The zero-order valence-corrected chi connectivity index (χ0v) is 15.2. The third-order valence-corrected chi connectivity index (χ3v) is 9.26. The van der Waals surface area contributed by atoms with Crippen LogP contribution in [0, 0.1) is 34.5 Å². The lowest BCUT2D eigenvalue weighted by molar-refractivity contribution is -0.205. The first-order valence-corrected chi connectivity index (χ1v) is 10.1. The number of aliphatic hydroxyl groups is 1. The Hall–Kier alpha value is -0.370. The van der Waals surface area contributed by atoms with E-state index < -0.39 is 5.60 Å². The maximum Gasteiger partial charge on any atom is 0.133 e. The molecule has 0 heterocycles. The zero-order chi connectivity index (χ0) is 16.5. The molecule has 0 radical (unpaired) electrons. The Morgan fingerprint density at radius 2 is 1.70 bits per heavy atom. The van der Waals surface area contributed by atoms with E-state index in [0.29, 0.717) is 23.0 Å². The van der Waals surface area contributed by atoms with Crippen molar-refractivity contribution in [3.8, 4) is 0 Å². The van der Waals surface area contributed by atoms with Crippen molar-refractivity contribution in [2.75, 3.05) is 0 Å². The summed E-state index contributed by atoms with van der Waals surface area (Å²) in [6.07, 6.45) is 12.1. The molecule has 7 atom stereocenters. The first-order chi connectivity index (χ1) is 10.8. The van der Waals surface area contributed by atoms with Gasteiger partial charge in [0.1, 0.15) is 5.78 Å². The second kappa shape index (κ2) is 5.07. The van der Waals surface area contributed by atoms with Crippen molar-refractivity contribution in [2.45, 2.75) is 90.6 Å². The number of fused-ring (bicyclic) bond motifs is 5. The van der Waals surface area contributed by atoms with Crippen molar-refractivity contribution in [1.82, 2.24) is 0 Å². The van der Waals surface area contributed by atoms with Crippen LogP contribution in [0.3, 0.4) is 0 Å². The molecule has 23 heavy (non-hydrogen) atoms. The predicted octanol–water partition coefficient (Wildman–Crippen LogP) is 4.74. The van der Waals surface area contributed by atoms with Crippen molar-refractivity contribution in [1.29, 1.82) is 0 Å². The van der Waals surface area contributed by atoms with Crippen LogP contribution in [0.2, 0.25) is 0 Å². The molecule has 4 aliphatic carbocycles. The molecule has 2 heteroatoms. The molecule has 0 amide bonds. The second-order valence-corrected chi connectivity index (χ2v) is 9.82. The van der Waals surface area contributed by atoms with Gasteiger partial charge in [-0.2, -0.15) is 0 Å². The molecule has 0 aromatic carbocycles. The molecule has 0 aliphatic heterocycles. The Labute approximate surface area is 141 Å². The number of hydrogen-bond donors (Lipinski definition) is 1. The SMILES string of the molecule is CC(=O)[C@H]1CC[C@@]2(O)[C@@H]3CCC4CCCC[C@]4(C)[C@H]3CC[C@]12C. The van der Waals surface area contributed by atoms with Crippen molar-refractivity contribution in [3.63, 3.8) is 0 Å². The van der Waals surface area contributed by atoms with Gasteiger partial charge >= 0.3 is 0 Å². The van der Waals surface area contributed by atoms with Gasteiger partial charge in [-0.15, -0.1) is 0 Å². The average Bonchev–Trinajstić information content (AvgIpc) is 2.78. The van der Waals surface area contributed by atoms with Crippen LogP contribution in [0.5, 0.6) is 0 Å². The summed E-state index contributed by atoms with van der Waals surface area (Å²) < 4.78 is 0. The monoisotopic (exact) mass is 318 g/mol. The molecule has 4 rings (SSSR count). The van der Waals surface area contributed by atoms with Crippen LogP contribution in [0.25, 0.3) is 0 Å². The Morgan fingerprint density at radius 3 is 2.43 bits per heavy atom. The van der Waals surface area contributed by atoms with Crippen LogP contribution < -0.4 is 0 Å². The van der Waals surface area contributed by atoms with Crippen molar-refractivity contribution in [2.24, 2.45) is 34.5 Å². The Balaban J connectivity index is 1.70. The molecule has 0 aromatic rings. The lowest BCUT2D eigenvalue weighted by Crippen LogP contribution is -2.62. The Bertz CT molecular complexity index is 514. The van der Waals surface area contributed by atoms with Gasteiger partial charge in [0.05, 0.1) is 5.60 Å². The molecule has 4 fully saturated rings. The van der Waals surface area contributed by atoms with Crippen LogP contribution in [-0.4, -0.2) is 16.5 Å². The van der Waals surface area contributed by atoms with E-state index in [4.69, 9.17) is 0 Å². The summed E-state index contributed by atoms with van der Waals surface area (Å²) in [5, 5.41) is 11.8. The molecule has 4 saturated carbocycles. The largest absolute Gasteiger partial charge is 0.389 e. The van der Waals surface area contributed by atoms with Gasteiger partial charge in [0.25, 0.3) is 0 Å². The fourth-order valence-electron chi connectivity index (χ4n) is 7.91. The summed E-state index contributed by atoms with van der Waals surface area (Å²) in [6, 6.07) is 0. The fraction of sp³-hybridized carbons (Fsp3) is 0.952. The van der Waals surface area contributed by atoms with Gasteiger partial charge in [-0.25, -0.2) is 0 Å². The average molecular weight is 319 g/mol. The fourth-order valence-corrected chi connectivity index (χ4v) is 7.91. The van der Waals surface area contributed by atoms with Crippen molar-refractivity contribution in [3.05, 3.63) is 0 Å². The van der Waals surface area contributed by atoms with Gasteiger partial charge < -0.3 is 5.11 Å². The van der Waals surface area contributed by atoms with E-state index in [1.54, 1.807) is 6.92 Å². The summed E-state index contributed by atoms with van der Waals surface area (Å²) in [4.78, 5) is 12.2. The van der Waals surface area contributed by atoms with Crippen LogP contribution in [0.1, 0.15) is 85.0 Å². The highest BCUT2D eigenvalue weighted by atomic mass is 16.3. The molecule has 0 aromatic heterocycles. The lowest BCUT2D eigenvalue weighted by atomic mass is 9.43. The van der Waals surface area contributed by atoms with E-state index in [1.807, 2.05) is 0 Å². The second-order valence-electron chi connectivity index (χ2n) is 9.82. The number of Topliss-reactive ketones (excluding diaryl/α,β-unsaturated/α-hetero) is 1. The quantitative estimate of drug-likeness (QED) is 0.758. The Morgan fingerprint density at radius 1 is 0.913 bits per heavy atom. The number of rotatable bonds is 1. The van der Waals surface area contributed by atoms with Gasteiger partial charge in [0.2, 0.25) is 0 Å². The van der Waals surface area contributed by atoms with E-state index in [0.717, 1.165) is 25.2 Å². The van der Waals surface area contributed by atoms with Gasteiger partial charge in [-0.05, 0) is 81.5 Å². The van der Waals surface area contributed by atoms with E-state index in [9.17, 15) is 9.90 Å². The summed E-state index contributed by atoms with van der Waals surface area (Å²) in [5.74, 6) is 2.40. The first kappa shape index (κ1) is 16.1. The Kier molecular flexibility index (Phi) is 3.55. The van der Waals surface area contributed by atoms with Gasteiger partial charge in [-0.1, -0.05) is 26.7 Å². The number of hydrogen-bond acceptors (Lipinski definition) is 2. The summed E-state index contributed by atoms with van der Waals surface area (Å²) in [6.45, 7) is 6.52. The molecule has 130 valence electrons. The topological polar surface area (TPSA) is 37.3 Å². The molecule has 1 N–H and O–H groups in total. The van der Waals surface area contributed by atoms with E-state index in [1.165, 1.54) is 44.9 Å². The van der Waals surface area contributed by atoms with Crippen molar-refractivity contribution >= 4 is 5.78 Å². The van der Waals surface area contributed by atoms with Gasteiger partial charge in [0.15, 0.2) is 0 Å². The first-order valence-electron chi connectivity index (χ1n) is 10.1. The van der Waals surface area contributed by atoms with E-state index in [2.05, 4.69) is 13.8 Å². The van der Waals surface area contributed by atoms with Crippen LogP contribution >= 0.6 is 0 Å². The highest BCUT2D eigenvalue weighted by Crippen LogP contribution is 2.69. The minimum Gasteiger partial charge on any atom is -0.389 e. The maximum absolute atomic E-state index is 12.2. The van der Waals surface area contributed by atoms with E-state index in [-0.39, 0.29) is 11.3 Å².